The summed E-state index contributed by atoms with van der Waals surface area (Å²) in [5.74, 6) is 0. The van der Waals surface area contributed by atoms with Gasteiger partial charge >= 0.3 is 0 Å². The molecular formula is C15H24BrNOS. The first-order valence-electron chi connectivity index (χ1n) is 7.31. The van der Waals surface area contributed by atoms with Crippen LogP contribution in [0.15, 0.2) is 15.9 Å². The predicted molar refractivity (Wildman–Crippen MR) is 86.0 cm³/mol. The molecule has 0 spiro atoms. The van der Waals surface area contributed by atoms with Crippen LogP contribution in [0.3, 0.4) is 0 Å². The van der Waals surface area contributed by atoms with Crippen LogP contribution in [0.2, 0.25) is 0 Å². The lowest BCUT2D eigenvalue weighted by Gasteiger charge is -2.38. The Balaban J connectivity index is 2.15. The first-order chi connectivity index (χ1) is 9.22. The molecule has 1 N–H and O–H groups in total. The van der Waals surface area contributed by atoms with Gasteiger partial charge in [0.25, 0.3) is 0 Å². The molecule has 2 rings (SSSR count). The van der Waals surface area contributed by atoms with Crippen molar-refractivity contribution in [2.75, 3.05) is 13.2 Å². The van der Waals surface area contributed by atoms with Crippen LogP contribution in [0.5, 0.6) is 0 Å². The van der Waals surface area contributed by atoms with Crippen LogP contribution in [0, 0.1) is 0 Å². The summed E-state index contributed by atoms with van der Waals surface area (Å²) in [4.78, 5) is 1.43. The molecule has 108 valence electrons. The summed E-state index contributed by atoms with van der Waals surface area (Å²) < 4.78 is 7.46. The van der Waals surface area contributed by atoms with Crippen molar-refractivity contribution in [2.45, 2.75) is 57.6 Å². The van der Waals surface area contributed by atoms with Crippen molar-refractivity contribution in [1.29, 1.82) is 0 Å². The minimum atomic E-state index is 0.0498. The SMILES string of the molecule is CCNC(Cc1sccc1Br)C1(OCC)CCCC1. The average molecular weight is 346 g/mol. The molecule has 1 fully saturated rings. The van der Waals surface area contributed by atoms with E-state index in [1.54, 1.807) is 0 Å². The van der Waals surface area contributed by atoms with E-state index < -0.39 is 0 Å². The van der Waals surface area contributed by atoms with Crippen molar-refractivity contribution >= 4 is 27.3 Å². The van der Waals surface area contributed by atoms with Gasteiger partial charge in [-0.3, -0.25) is 0 Å². The molecule has 19 heavy (non-hydrogen) atoms. The molecule has 0 bridgehead atoms. The van der Waals surface area contributed by atoms with Gasteiger partial charge in [0.2, 0.25) is 0 Å². The lowest BCUT2D eigenvalue weighted by Crippen LogP contribution is -2.52. The van der Waals surface area contributed by atoms with Crippen LogP contribution in [0.25, 0.3) is 0 Å². The Labute approximate surface area is 129 Å². The van der Waals surface area contributed by atoms with E-state index in [1.165, 1.54) is 35.0 Å². The molecule has 4 heteroatoms. The van der Waals surface area contributed by atoms with Gasteiger partial charge in [-0.2, -0.15) is 0 Å². The summed E-state index contributed by atoms with van der Waals surface area (Å²) in [5.41, 5.74) is 0.0498. The highest BCUT2D eigenvalue weighted by Crippen LogP contribution is 2.38. The minimum Gasteiger partial charge on any atom is -0.374 e. The monoisotopic (exact) mass is 345 g/mol. The van der Waals surface area contributed by atoms with Crippen molar-refractivity contribution in [3.05, 3.63) is 20.8 Å². The Morgan fingerprint density at radius 2 is 2.16 bits per heavy atom. The van der Waals surface area contributed by atoms with Crippen LogP contribution in [-0.2, 0) is 11.2 Å². The fourth-order valence-corrected chi connectivity index (χ4v) is 4.76. The standard InChI is InChI=1S/C15H24BrNOS/c1-3-17-14(11-13-12(16)7-10-19-13)15(18-4-2)8-5-6-9-15/h7,10,14,17H,3-6,8-9,11H2,1-2H3. The summed E-state index contributed by atoms with van der Waals surface area (Å²) in [6, 6.07) is 2.57. The second-order valence-corrected chi connectivity index (χ2v) is 7.07. The van der Waals surface area contributed by atoms with Crippen molar-refractivity contribution in [3.8, 4) is 0 Å². The largest absolute Gasteiger partial charge is 0.374 e. The molecule has 0 saturated heterocycles. The van der Waals surface area contributed by atoms with E-state index in [4.69, 9.17) is 4.74 Å². The third-order valence-electron chi connectivity index (χ3n) is 4.05. The molecule has 1 aliphatic rings. The molecule has 1 heterocycles. The topological polar surface area (TPSA) is 21.3 Å². The second-order valence-electron chi connectivity index (χ2n) is 5.21. The number of ether oxygens (including phenoxy) is 1. The van der Waals surface area contributed by atoms with Crippen molar-refractivity contribution in [2.24, 2.45) is 0 Å². The van der Waals surface area contributed by atoms with E-state index in [0.29, 0.717) is 6.04 Å². The summed E-state index contributed by atoms with van der Waals surface area (Å²) >= 11 is 5.49. The highest BCUT2D eigenvalue weighted by molar-refractivity contribution is 9.10. The van der Waals surface area contributed by atoms with Gasteiger partial charge < -0.3 is 10.1 Å². The smallest absolute Gasteiger partial charge is 0.0838 e. The van der Waals surface area contributed by atoms with Gasteiger partial charge in [0.1, 0.15) is 0 Å². The van der Waals surface area contributed by atoms with E-state index in [2.05, 4.69) is 46.5 Å². The first-order valence-corrected chi connectivity index (χ1v) is 8.98. The zero-order chi connectivity index (χ0) is 13.7. The number of rotatable bonds is 7. The maximum Gasteiger partial charge on any atom is 0.0838 e. The number of thiophene rings is 1. The molecule has 0 aromatic carbocycles. The summed E-state index contributed by atoms with van der Waals surface area (Å²) in [5, 5.41) is 5.83. The Morgan fingerprint density at radius 3 is 2.68 bits per heavy atom. The fourth-order valence-electron chi connectivity index (χ4n) is 3.20. The summed E-state index contributed by atoms with van der Waals surface area (Å²) in [6.07, 6.45) is 6.05. The van der Waals surface area contributed by atoms with Gasteiger partial charge in [0, 0.05) is 28.4 Å². The van der Waals surface area contributed by atoms with Crippen LogP contribution >= 0.6 is 27.3 Å². The minimum absolute atomic E-state index is 0.0498. The van der Waals surface area contributed by atoms with Crippen molar-refractivity contribution in [1.82, 2.24) is 5.32 Å². The van der Waals surface area contributed by atoms with E-state index in [1.807, 2.05) is 11.3 Å². The average Bonchev–Trinajstić information content (AvgIpc) is 3.00. The molecule has 0 radical (unpaired) electrons. The number of hydrogen-bond acceptors (Lipinski definition) is 3. The Kier molecular flexibility index (Phi) is 5.87. The van der Waals surface area contributed by atoms with E-state index in [9.17, 15) is 0 Å². The van der Waals surface area contributed by atoms with E-state index in [0.717, 1.165) is 19.6 Å². The van der Waals surface area contributed by atoms with Gasteiger partial charge in [-0.15, -0.1) is 11.3 Å². The molecule has 1 aromatic rings. The number of hydrogen-bond donors (Lipinski definition) is 1. The van der Waals surface area contributed by atoms with E-state index in [-0.39, 0.29) is 5.60 Å². The molecular weight excluding hydrogens is 322 g/mol. The summed E-state index contributed by atoms with van der Waals surface area (Å²) in [6.45, 7) is 6.12. The molecule has 0 aliphatic heterocycles. The maximum atomic E-state index is 6.22. The van der Waals surface area contributed by atoms with Crippen LogP contribution in [0.1, 0.15) is 44.4 Å². The van der Waals surface area contributed by atoms with Crippen LogP contribution < -0.4 is 5.32 Å². The second kappa shape index (κ2) is 7.21. The Hall–Kier alpha value is 0.1000. The third-order valence-corrected chi connectivity index (χ3v) is 6.00. The van der Waals surface area contributed by atoms with Crippen molar-refractivity contribution < 1.29 is 4.74 Å². The van der Waals surface area contributed by atoms with Gasteiger partial charge in [-0.25, -0.2) is 0 Å². The highest BCUT2D eigenvalue weighted by atomic mass is 79.9. The van der Waals surface area contributed by atoms with Gasteiger partial charge in [-0.05, 0) is 53.7 Å². The van der Waals surface area contributed by atoms with Crippen LogP contribution in [-0.4, -0.2) is 24.8 Å². The maximum absolute atomic E-state index is 6.22. The lowest BCUT2D eigenvalue weighted by molar-refractivity contribution is -0.0608. The zero-order valence-electron chi connectivity index (χ0n) is 11.9. The summed E-state index contributed by atoms with van der Waals surface area (Å²) in [7, 11) is 0. The number of halogens is 1. The molecule has 1 aliphatic carbocycles. The number of nitrogens with one attached hydrogen (secondary N) is 1. The zero-order valence-corrected chi connectivity index (χ0v) is 14.3. The molecule has 1 saturated carbocycles. The van der Waals surface area contributed by atoms with Gasteiger partial charge in [0.15, 0.2) is 0 Å². The van der Waals surface area contributed by atoms with Gasteiger partial charge in [-0.1, -0.05) is 19.8 Å². The molecule has 1 unspecified atom stereocenters. The number of likely N-dealkylation sites (N-methyl/N-ethyl adjacent to an activating group) is 1. The molecule has 1 aromatic heterocycles. The molecule has 0 amide bonds. The molecule has 2 nitrogen and oxygen atoms in total. The highest BCUT2D eigenvalue weighted by Gasteiger charge is 2.42. The lowest BCUT2D eigenvalue weighted by atomic mass is 9.89. The van der Waals surface area contributed by atoms with Crippen molar-refractivity contribution in [3.63, 3.8) is 0 Å². The Bertz CT molecular complexity index is 387. The first kappa shape index (κ1) is 15.5. The predicted octanol–water partition coefficient (Wildman–Crippen LogP) is 4.38. The fraction of sp³-hybridized carbons (Fsp3) is 0.733. The van der Waals surface area contributed by atoms with Crippen LogP contribution in [0.4, 0.5) is 0 Å². The van der Waals surface area contributed by atoms with Gasteiger partial charge in [0.05, 0.1) is 5.60 Å². The third kappa shape index (κ3) is 3.60. The van der Waals surface area contributed by atoms with E-state index >= 15 is 0 Å². The Morgan fingerprint density at radius 1 is 1.42 bits per heavy atom. The quantitative estimate of drug-likeness (QED) is 0.791. The molecule has 1 atom stereocenters. The normalized spacial score (nSPS) is 19.7.